The minimum absolute atomic E-state index is 1.19. The van der Waals surface area contributed by atoms with Crippen LogP contribution >= 0.6 is 0 Å². The lowest BCUT2D eigenvalue weighted by Crippen LogP contribution is -2.78. The van der Waals surface area contributed by atoms with Crippen LogP contribution in [0.2, 0.25) is 0 Å². The van der Waals surface area contributed by atoms with Gasteiger partial charge in [0.15, 0.2) is 0 Å². The van der Waals surface area contributed by atoms with E-state index in [0.717, 1.165) is 0 Å². The molecule has 0 amide bonds. The number of benzene rings is 1. The second kappa shape index (κ2) is 6.18. The maximum Gasteiger partial charge on any atom is 0.293 e. The lowest BCUT2D eigenvalue weighted by Gasteiger charge is -2.55. The average molecular weight is 305 g/mol. The van der Waals surface area contributed by atoms with E-state index in [2.05, 4.69) is 70.1 Å². The van der Waals surface area contributed by atoms with Crippen LogP contribution in [0, 0.1) is 0 Å². The summed E-state index contributed by atoms with van der Waals surface area (Å²) in [6.45, 7) is 7.24. The van der Waals surface area contributed by atoms with Crippen molar-refractivity contribution in [2.24, 2.45) is 0 Å². The van der Waals surface area contributed by atoms with E-state index in [1.165, 1.54) is 50.9 Å². The van der Waals surface area contributed by atoms with Gasteiger partial charge in [-0.1, -0.05) is 30.3 Å². The molecule has 3 saturated heterocycles. The van der Waals surface area contributed by atoms with Crippen LogP contribution in [0.3, 0.4) is 0 Å². The third-order valence-electron chi connectivity index (χ3n) is 5.37. The summed E-state index contributed by atoms with van der Waals surface area (Å²) < 4.78 is 8.06. The fraction of sp³-hybridized carbons (Fsp3) is 0.625. The molecule has 116 valence electrons. The molecule has 4 rings (SSSR count). The van der Waals surface area contributed by atoms with E-state index >= 15 is 0 Å². The van der Waals surface area contributed by atoms with Gasteiger partial charge in [0.1, 0.15) is 0 Å². The van der Waals surface area contributed by atoms with Crippen molar-refractivity contribution in [3.05, 3.63) is 35.9 Å². The molecular formula is C16H28N4Si. The van der Waals surface area contributed by atoms with Gasteiger partial charge in [-0.05, 0) is 26.7 Å². The van der Waals surface area contributed by atoms with Crippen LogP contribution in [0.25, 0.3) is 0 Å². The average Bonchev–Trinajstić information content (AvgIpc) is 2.49. The first-order valence-electron chi connectivity index (χ1n) is 8.03. The maximum absolute atomic E-state index is 2.69. The van der Waals surface area contributed by atoms with E-state index in [4.69, 9.17) is 0 Å². The van der Waals surface area contributed by atoms with Gasteiger partial charge in [-0.25, -0.2) is 0 Å². The van der Waals surface area contributed by atoms with Gasteiger partial charge in [0, 0.05) is 45.3 Å². The van der Waals surface area contributed by atoms with Gasteiger partial charge in [0.2, 0.25) is 0 Å². The Bertz CT molecular complexity index is 431. The van der Waals surface area contributed by atoms with Crippen LogP contribution in [0.15, 0.2) is 30.3 Å². The Morgan fingerprint density at radius 2 is 1.24 bits per heavy atom. The van der Waals surface area contributed by atoms with E-state index in [9.17, 15) is 0 Å². The summed E-state index contributed by atoms with van der Waals surface area (Å²) in [5.41, 5.74) is 1.48. The number of likely N-dealkylation sites (N-methyl/N-ethyl adjacent to an activating group) is 3. The molecule has 0 aromatic heterocycles. The second-order valence-electron chi connectivity index (χ2n) is 6.54. The highest BCUT2D eigenvalue weighted by molar-refractivity contribution is 6.71. The fourth-order valence-corrected chi connectivity index (χ4v) is 8.61. The van der Waals surface area contributed by atoms with Crippen molar-refractivity contribution in [2.75, 3.05) is 60.4 Å². The molecule has 0 aliphatic carbocycles. The molecule has 0 spiro atoms. The predicted molar refractivity (Wildman–Crippen MR) is 90.2 cm³/mol. The van der Waals surface area contributed by atoms with Crippen molar-refractivity contribution in [3.8, 4) is 0 Å². The second-order valence-corrected chi connectivity index (χ2v) is 10.7. The van der Waals surface area contributed by atoms with Crippen LogP contribution in [0.4, 0.5) is 0 Å². The summed E-state index contributed by atoms with van der Waals surface area (Å²) in [6, 6.07) is 12.2. The highest BCUT2D eigenvalue weighted by Crippen LogP contribution is 2.25. The van der Waals surface area contributed by atoms with Crippen molar-refractivity contribution < 1.29 is 0 Å². The highest BCUT2D eigenvalue weighted by atomic mass is 28.4. The Balaban J connectivity index is 1.97. The van der Waals surface area contributed by atoms with Gasteiger partial charge in [-0.15, -0.1) is 0 Å². The van der Waals surface area contributed by atoms with Crippen molar-refractivity contribution in [1.82, 2.24) is 18.6 Å². The summed E-state index contributed by atoms with van der Waals surface area (Å²) >= 11 is 0. The van der Waals surface area contributed by atoms with Gasteiger partial charge < -0.3 is 13.7 Å². The third-order valence-corrected chi connectivity index (χ3v) is 10.6. The molecule has 3 heterocycles. The molecule has 1 aromatic carbocycles. The van der Waals surface area contributed by atoms with Crippen molar-refractivity contribution in [1.29, 1.82) is 0 Å². The molecule has 3 aliphatic rings. The minimum Gasteiger partial charge on any atom is -0.301 e. The fourth-order valence-electron chi connectivity index (χ4n) is 3.90. The maximum atomic E-state index is 2.69. The first-order valence-corrected chi connectivity index (χ1v) is 10.1. The first kappa shape index (κ1) is 15.2. The normalized spacial score (nSPS) is 32.6. The van der Waals surface area contributed by atoms with Crippen LogP contribution in [-0.4, -0.2) is 87.6 Å². The Morgan fingerprint density at radius 1 is 0.762 bits per heavy atom. The molecule has 0 unspecified atom stereocenters. The van der Waals surface area contributed by atoms with E-state index in [-0.39, 0.29) is 0 Å². The summed E-state index contributed by atoms with van der Waals surface area (Å²) in [5, 5.41) is 0. The molecule has 21 heavy (non-hydrogen) atoms. The van der Waals surface area contributed by atoms with Crippen LogP contribution in [-0.2, 0) is 6.04 Å². The van der Waals surface area contributed by atoms with Gasteiger partial charge in [0.25, 0.3) is 8.56 Å². The Kier molecular flexibility index (Phi) is 4.47. The molecule has 4 nitrogen and oxygen atoms in total. The largest absolute Gasteiger partial charge is 0.301 e. The molecule has 0 saturated carbocycles. The van der Waals surface area contributed by atoms with Crippen molar-refractivity contribution in [2.45, 2.75) is 6.04 Å². The molecular weight excluding hydrogens is 276 g/mol. The molecule has 3 fully saturated rings. The van der Waals surface area contributed by atoms with Gasteiger partial charge >= 0.3 is 0 Å². The quantitative estimate of drug-likeness (QED) is 0.751. The van der Waals surface area contributed by atoms with Gasteiger partial charge in [0.05, 0.1) is 0 Å². The van der Waals surface area contributed by atoms with Crippen LogP contribution in [0.1, 0.15) is 5.56 Å². The topological polar surface area (TPSA) is 13.0 Å². The van der Waals surface area contributed by atoms with E-state index in [0.29, 0.717) is 0 Å². The van der Waals surface area contributed by atoms with Gasteiger partial charge in [-0.2, -0.15) is 0 Å². The van der Waals surface area contributed by atoms with Crippen molar-refractivity contribution >= 4 is 8.56 Å². The summed E-state index contributed by atoms with van der Waals surface area (Å²) in [7, 11) is 5.23. The molecule has 3 aliphatic heterocycles. The molecule has 2 bridgehead atoms. The number of nitrogens with zero attached hydrogens (tertiary/aromatic N) is 4. The zero-order valence-corrected chi connectivity index (χ0v) is 14.6. The Hall–Kier alpha value is -0.723. The third kappa shape index (κ3) is 2.81. The van der Waals surface area contributed by atoms with Crippen LogP contribution < -0.4 is 0 Å². The van der Waals surface area contributed by atoms with Gasteiger partial charge in [-0.3, -0.25) is 4.90 Å². The number of hydrogen-bond acceptors (Lipinski definition) is 4. The number of rotatable bonds is 2. The number of hydrogen-bond donors (Lipinski definition) is 0. The zero-order chi connectivity index (χ0) is 14.9. The lowest BCUT2D eigenvalue weighted by molar-refractivity contribution is 0.151. The predicted octanol–water partition coefficient (Wildman–Crippen LogP) is 0.832. The monoisotopic (exact) mass is 304 g/mol. The minimum atomic E-state index is -1.81. The summed E-state index contributed by atoms with van der Waals surface area (Å²) in [5.74, 6) is 0. The number of fused-ring (bicyclic) bond motifs is 6. The molecule has 5 heteroatoms. The Morgan fingerprint density at radius 3 is 1.71 bits per heavy atom. The van der Waals surface area contributed by atoms with Crippen LogP contribution in [0.5, 0.6) is 0 Å². The molecule has 1 aromatic rings. The molecule has 0 radical (unpaired) electrons. The SMILES string of the molecule is CN1CCN2CCN(C)[Si]1(Cc1ccccc1)N(C)CC2. The summed E-state index contributed by atoms with van der Waals surface area (Å²) in [4.78, 5) is 2.61. The lowest BCUT2D eigenvalue weighted by atomic mass is 10.2. The zero-order valence-electron chi connectivity index (χ0n) is 13.6. The molecule has 0 N–H and O–H groups in total. The van der Waals surface area contributed by atoms with E-state index in [1.807, 2.05) is 0 Å². The first-order chi connectivity index (χ1) is 10.1. The standard InChI is InChI=1S/C16H28N4Si/c1-17-9-12-20-13-10-18(2)21(17,19(3)11-14-20)15-16-7-5-4-6-8-16/h4-8H,9-15H2,1-3H3. The van der Waals surface area contributed by atoms with E-state index in [1.54, 1.807) is 0 Å². The van der Waals surface area contributed by atoms with Crippen molar-refractivity contribution in [3.63, 3.8) is 0 Å². The van der Waals surface area contributed by atoms with E-state index < -0.39 is 8.56 Å². The molecule has 0 atom stereocenters. The summed E-state index contributed by atoms with van der Waals surface area (Å²) in [6.07, 6.45) is 0. The smallest absolute Gasteiger partial charge is 0.293 e. The highest BCUT2D eigenvalue weighted by Gasteiger charge is 2.48. The Labute approximate surface area is 130 Å².